The molecule has 0 unspecified atom stereocenters. The fourth-order valence-electron chi connectivity index (χ4n) is 4.30. The number of fused-ring (bicyclic) bond motifs is 1. The number of rotatable bonds is 7. The molecule has 0 saturated heterocycles. The molecule has 6 rings (SSSR count). The number of carboxylic acid groups (broad SMARTS) is 1. The molecule has 9 nitrogen and oxygen atoms in total. The van der Waals surface area contributed by atoms with Crippen LogP contribution in [0.15, 0.2) is 95.6 Å². The highest BCUT2D eigenvalue weighted by molar-refractivity contribution is 5.88. The van der Waals surface area contributed by atoms with Crippen molar-refractivity contribution in [3.05, 3.63) is 96.6 Å². The van der Waals surface area contributed by atoms with E-state index < -0.39 is 5.97 Å². The van der Waals surface area contributed by atoms with Crippen LogP contribution < -0.4 is 4.74 Å². The summed E-state index contributed by atoms with van der Waals surface area (Å²) in [4.78, 5) is 16.5. The highest BCUT2D eigenvalue weighted by atomic mass is 16.6. The van der Waals surface area contributed by atoms with Gasteiger partial charge in [-0.25, -0.2) is 19.1 Å². The summed E-state index contributed by atoms with van der Waals surface area (Å²) in [5.41, 5.74) is 5.59. The number of hydrogen-bond acceptors (Lipinski definition) is 7. The molecule has 4 aromatic carbocycles. The maximum Gasteiger partial charge on any atom is 0.335 e. The zero-order valence-corrected chi connectivity index (χ0v) is 21.1. The van der Waals surface area contributed by atoms with Gasteiger partial charge in [-0.1, -0.05) is 42.5 Å². The molecule has 0 aliphatic heterocycles. The first-order chi connectivity index (χ1) is 18.9. The van der Waals surface area contributed by atoms with Crippen molar-refractivity contribution in [1.82, 2.24) is 25.1 Å². The van der Waals surface area contributed by atoms with Crippen molar-refractivity contribution in [3.8, 4) is 45.3 Å². The molecule has 0 radical (unpaired) electrons. The minimum atomic E-state index is -1.02. The van der Waals surface area contributed by atoms with Gasteiger partial charge < -0.3 is 9.84 Å². The van der Waals surface area contributed by atoms with E-state index in [1.807, 2.05) is 74.5 Å². The van der Waals surface area contributed by atoms with Crippen LogP contribution in [-0.4, -0.2) is 42.3 Å². The summed E-state index contributed by atoms with van der Waals surface area (Å²) >= 11 is 0. The molecule has 0 aliphatic rings. The van der Waals surface area contributed by atoms with Crippen LogP contribution in [0.3, 0.4) is 0 Å². The Morgan fingerprint density at radius 3 is 2.21 bits per heavy atom. The average molecular weight is 518 g/mol. The number of carboxylic acids is 1. The summed E-state index contributed by atoms with van der Waals surface area (Å²) < 4.78 is 12.2. The van der Waals surface area contributed by atoms with Gasteiger partial charge in [-0.2, -0.15) is 0 Å². The zero-order chi connectivity index (χ0) is 26.9. The van der Waals surface area contributed by atoms with Crippen LogP contribution in [0, 0.1) is 0 Å². The third-order valence-corrected chi connectivity index (χ3v) is 6.16. The number of benzene rings is 4. The number of hydrogen-bond donors (Lipinski definition) is 1. The first-order valence-corrected chi connectivity index (χ1v) is 12.4. The molecule has 0 fully saturated rings. The van der Waals surface area contributed by atoms with Crippen LogP contribution in [0.5, 0.6) is 5.75 Å². The first kappa shape index (κ1) is 24.1. The lowest BCUT2D eigenvalue weighted by atomic mass is 10.0. The molecular weight excluding hydrogens is 494 g/mol. The molecule has 6 aromatic rings. The van der Waals surface area contributed by atoms with Gasteiger partial charge in [-0.3, -0.25) is 0 Å². The highest BCUT2D eigenvalue weighted by Gasteiger charge is 2.17. The maximum atomic E-state index is 11.6. The molecule has 0 spiro atoms. The average Bonchev–Trinajstić information content (AvgIpc) is 3.61. The summed E-state index contributed by atoms with van der Waals surface area (Å²) in [6.07, 6.45) is 0.119. The molecule has 0 amide bonds. The molecule has 39 heavy (non-hydrogen) atoms. The molecule has 0 atom stereocenters. The van der Waals surface area contributed by atoms with Crippen molar-refractivity contribution in [2.24, 2.45) is 0 Å². The van der Waals surface area contributed by atoms with E-state index in [1.165, 1.54) is 6.07 Å². The van der Waals surface area contributed by atoms with E-state index in [9.17, 15) is 9.90 Å². The lowest BCUT2D eigenvalue weighted by molar-refractivity contribution is 0.0697. The van der Waals surface area contributed by atoms with Crippen molar-refractivity contribution >= 4 is 17.0 Å². The highest BCUT2D eigenvalue weighted by Crippen LogP contribution is 2.29. The van der Waals surface area contributed by atoms with E-state index in [0.29, 0.717) is 28.4 Å². The van der Waals surface area contributed by atoms with Crippen LogP contribution in [-0.2, 0) is 0 Å². The van der Waals surface area contributed by atoms with E-state index >= 15 is 0 Å². The van der Waals surface area contributed by atoms with Gasteiger partial charge in [0.05, 0.1) is 17.4 Å². The molecule has 0 aliphatic carbocycles. The van der Waals surface area contributed by atoms with Gasteiger partial charge in [-0.05, 0) is 83.8 Å². The summed E-state index contributed by atoms with van der Waals surface area (Å²) in [6.45, 7) is 4.00. The predicted octanol–water partition coefficient (Wildman–Crippen LogP) is 6.29. The minimum Gasteiger partial charge on any atom is -0.491 e. The molecule has 192 valence electrons. The molecule has 0 bridgehead atoms. The molecule has 1 N–H and O–H groups in total. The van der Waals surface area contributed by atoms with E-state index in [0.717, 1.165) is 28.0 Å². The number of carbonyl (C=O) groups is 1. The van der Waals surface area contributed by atoms with Crippen LogP contribution in [0.1, 0.15) is 24.2 Å². The predicted molar refractivity (Wildman–Crippen MR) is 146 cm³/mol. The van der Waals surface area contributed by atoms with Gasteiger partial charge in [0.2, 0.25) is 0 Å². The van der Waals surface area contributed by atoms with Gasteiger partial charge >= 0.3 is 5.97 Å². The Morgan fingerprint density at radius 2 is 1.49 bits per heavy atom. The van der Waals surface area contributed by atoms with Gasteiger partial charge in [0.15, 0.2) is 11.6 Å². The zero-order valence-electron chi connectivity index (χ0n) is 21.1. The smallest absolute Gasteiger partial charge is 0.335 e. The number of aromatic carboxylic acids is 1. The molecule has 0 saturated carbocycles. The van der Waals surface area contributed by atoms with E-state index in [-0.39, 0.29) is 11.7 Å². The summed E-state index contributed by atoms with van der Waals surface area (Å²) in [7, 11) is 0. The fraction of sp³-hybridized carbons (Fsp3) is 0.100. The minimum absolute atomic E-state index is 0.119. The largest absolute Gasteiger partial charge is 0.491 e. The van der Waals surface area contributed by atoms with Gasteiger partial charge in [0, 0.05) is 11.1 Å². The number of aromatic nitrogens is 5. The Hall–Kier alpha value is -5.31. The molecular formula is C30H23N5O4. The quantitative estimate of drug-likeness (QED) is 0.263. The van der Waals surface area contributed by atoms with Crippen LogP contribution in [0.25, 0.3) is 50.6 Å². The van der Waals surface area contributed by atoms with Gasteiger partial charge in [0.1, 0.15) is 16.8 Å². The lowest BCUT2D eigenvalue weighted by Crippen LogP contribution is -2.05. The van der Waals surface area contributed by atoms with E-state index in [4.69, 9.17) is 19.4 Å². The van der Waals surface area contributed by atoms with Crippen molar-refractivity contribution < 1.29 is 19.3 Å². The van der Waals surface area contributed by atoms with Crippen molar-refractivity contribution in [2.75, 3.05) is 0 Å². The Morgan fingerprint density at radius 1 is 0.821 bits per heavy atom. The van der Waals surface area contributed by atoms with Gasteiger partial charge in [-0.15, -0.1) is 5.10 Å². The first-order valence-electron chi connectivity index (χ1n) is 12.4. The van der Waals surface area contributed by atoms with Crippen LogP contribution >= 0.6 is 0 Å². The molecule has 9 heteroatoms. The Balaban J connectivity index is 1.39. The third kappa shape index (κ3) is 4.85. The van der Waals surface area contributed by atoms with E-state index in [2.05, 4.69) is 10.3 Å². The molecule has 2 aromatic heterocycles. The van der Waals surface area contributed by atoms with Crippen molar-refractivity contribution in [3.63, 3.8) is 0 Å². The van der Waals surface area contributed by atoms with Crippen molar-refractivity contribution in [1.29, 1.82) is 0 Å². The lowest BCUT2D eigenvalue weighted by Gasteiger charge is -2.10. The summed E-state index contributed by atoms with van der Waals surface area (Å²) in [5.74, 6) is 0.839. The second-order valence-electron chi connectivity index (χ2n) is 9.26. The topological polar surface area (TPSA) is 116 Å². The Labute approximate surface area is 223 Å². The van der Waals surface area contributed by atoms with E-state index in [1.54, 1.807) is 28.9 Å². The third-order valence-electron chi connectivity index (χ3n) is 6.16. The Kier molecular flexibility index (Phi) is 6.08. The molecule has 2 heterocycles. The van der Waals surface area contributed by atoms with Crippen LogP contribution in [0.2, 0.25) is 0 Å². The van der Waals surface area contributed by atoms with Crippen molar-refractivity contribution in [2.45, 2.75) is 20.0 Å². The SMILES string of the molecule is CC(C)Oc1ccc(-c2ccc(-c3nc(-c4ccc5nonc5c4)n(-c4cccc(C(=O)O)c4)n3)cc2)cc1. The standard InChI is InChI=1S/C30H23N5O4/c1-18(2)38-25-13-10-20(11-14-25)19-6-8-21(9-7-19)28-31-29(22-12-15-26-27(17-22)34-39-33-26)35(32-28)24-5-3-4-23(16-24)30(36)37/h3-18H,1-2H3,(H,36,37). The monoisotopic (exact) mass is 517 g/mol. The fourth-order valence-corrected chi connectivity index (χ4v) is 4.30. The van der Waals surface area contributed by atoms with Gasteiger partial charge in [0.25, 0.3) is 0 Å². The summed E-state index contributed by atoms with van der Waals surface area (Å²) in [6, 6.07) is 28.0. The van der Waals surface area contributed by atoms with Crippen LogP contribution in [0.4, 0.5) is 0 Å². The Bertz CT molecular complexity index is 1790. The second kappa shape index (κ2) is 9.86. The maximum absolute atomic E-state index is 11.6. The number of ether oxygens (including phenoxy) is 1. The normalized spacial score (nSPS) is 11.3. The number of nitrogens with zero attached hydrogens (tertiary/aromatic N) is 5. The summed E-state index contributed by atoms with van der Waals surface area (Å²) in [5, 5.41) is 22.1. The second-order valence-corrected chi connectivity index (χ2v) is 9.26.